The van der Waals surface area contributed by atoms with Gasteiger partial charge in [-0.1, -0.05) is 29.8 Å². The molecule has 0 aliphatic carbocycles. The van der Waals surface area contributed by atoms with Crippen molar-refractivity contribution in [2.75, 3.05) is 19.7 Å². The summed E-state index contributed by atoms with van der Waals surface area (Å²) in [7, 11) is 0. The first-order chi connectivity index (χ1) is 13.0. The Balaban J connectivity index is 1.72. The number of nitro groups is 1. The second-order valence-electron chi connectivity index (χ2n) is 6.03. The number of benzene rings is 2. The number of halogens is 1. The van der Waals surface area contributed by atoms with Gasteiger partial charge in [-0.05, 0) is 48.7 Å². The lowest BCUT2D eigenvalue weighted by Gasteiger charge is -2.09. The number of rotatable bonds is 11. The molecule has 2 aromatic carbocycles. The van der Waals surface area contributed by atoms with E-state index < -0.39 is 10.8 Å². The lowest BCUT2D eigenvalue weighted by atomic mass is 10.1. The minimum Gasteiger partial charge on any atom is -0.485 e. The van der Waals surface area contributed by atoms with E-state index in [-0.39, 0.29) is 17.9 Å². The van der Waals surface area contributed by atoms with Gasteiger partial charge in [0, 0.05) is 17.6 Å². The molecule has 0 aliphatic heterocycles. The predicted molar refractivity (Wildman–Crippen MR) is 104 cm³/mol. The molecule has 0 saturated heterocycles. The molecule has 0 bridgehead atoms. The number of carbonyl (C=O) groups is 1. The van der Waals surface area contributed by atoms with E-state index in [0.29, 0.717) is 18.7 Å². The minimum atomic E-state index is -0.541. The van der Waals surface area contributed by atoms with Crippen molar-refractivity contribution >= 4 is 23.2 Å². The van der Waals surface area contributed by atoms with Gasteiger partial charge in [0.2, 0.25) is 5.91 Å². The van der Waals surface area contributed by atoms with Crippen molar-refractivity contribution in [3.8, 4) is 5.75 Å². The van der Waals surface area contributed by atoms with E-state index in [0.717, 1.165) is 24.4 Å². The van der Waals surface area contributed by atoms with Gasteiger partial charge in [0.25, 0.3) is 0 Å². The van der Waals surface area contributed by atoms with Crippen molar-refractivity contribution in [2.24, 2.45) is 5.73 Å². The highest BCUT2D eigenvalue weighted by Gasteiger charge is 2.16. The maximum absolute atomic E-state index is 11.2. The number of nitro benzene ring substituents is 1. The van der Waals surface area contributed by atoms with Gasteiger partial charge >= 0.3 is 5.69 Å². The van der Waals surface area contributed by atoms with E-state index in [9.17, 15) is 14.9 Å². The van der Waals surface area contributed by atoms with E-state index in [4.69, 9.17) is 22.1 Å². The molecule has 144 valence electrons. The molecule has 0 radical (unpaired) electrons. The van der Waals surface area contributed by atoms with Gasteiger partial charge in [-0.25, -0.2) is 0 Å². The first kappa shape index (κ1) is 20.7. The van der Waals surface area contributed by atoms with Crippen LogP contribution < -0.4 is 15.8 Å². The second-order valence-corrected chi connectivity index (χ2v) is 6.47. The number of nitrogens with one attached hydrogen (secondary N) is 1. The van der Waals surface area contributed by atoms with Crippen LogP contribution in [0, 0.1) is 10.1 Å². The predicted octanol–water partition coefficient (Wildman–Crippen LogP) is 2.88. The zero-order valence-electron chi connectivity index (χ0n) is 14.8. The van der Waals surface area contributed by atoms with Crippen molar-refractivity contribution in [3.63, 3.8) is 0 Å². The zero-order chi connectivity index (χ0) is 19.6. The largest absolute Gasteiger partial charge is 0.485 e. The molecule has 2 rings (SSSR count). The fourth-order valence-electron chi connectivity index (χ4n) is 2.57. The smallest absolute Gasteiger partial charge is 0.311 e. The summed E-state index contributed by atoms with van der Waals surface area (Å²) in [6.07, 6.45) is 1.86. The summed E-state index contributed by atoms with van der Waals surface area (Å²) in [5.41, 5.74) is 6.66. The molecule has 7 nitrogen and oxygen atoms in total. The molecule has 1 amide bonds. The van der Waals surface area contributed by atoms with Gasteiger partial charge in [0.1, 0.15) is 6.61 Å². The molecule has 0 fully saturated rings. The Morgan fingerprint density at radius 1 is 1.15 bits per heavy atom. The second kappa shape index (κ2) is 10.5. The maximum atomic E-state index is 11.2. The van der Waals surface area contributed by atoms with Crippen LogP contribution in [0.25, 0.3) is 0 Å². The molecule has 3 N–H and O–H groups in total. The number of hydrogen-bond acceptors (Lipinski definition) is 5. The van der Waals surface area contributed by atoms with Crippen molar-refractivity contribution in [2.45, 2.75) is 19.3 Å². The number of amides is 1. The van der Waals surface area contributed by atoms with Crippen LogP contribution in [0.15, 0.2) is 42.5 Å². The topological polar surface area (TPSA) is 107 Å². The van der Waals surface area contributed by atoms with E-state index in [1.807, 2.05) is 24.3 Å². The summed E-state index contributed by atoms with van der Waals surface area (Å²) in [6, 6.07) is 12.2. The Hall–Kier alpha value is -2.64. The van der Waals surface area contributed by atoms with Crippen molar-refractivity contribution in [1.82, 2.24) is 5.32 Å². The van der Waals surface area contributed by atoms with Gasteiger partial charge in [0.15, 0.2) is 5.75 Å². The van der Waals surface area contributed by atoms with Crippen LogP contribution >= 0.6 is 11.6 Å². The fraction of sp³-hybridized carbons (Fsp3) is 0.316. The Kier molecular flexibility index (Phi) is 8.03. The Morgan fingerprint density at radius 2 is 1.85 bits per heavy atom. The van der Waals surface area contributed by atoms with Gasteiger partial charge in [-0.2, -0.15) is 0 Å². The summed E-state index contributed by atoms with van der Waals surface area (Å²) in [5, 5.41) is 15.1. The van der Waals surface area contributed by atoms with Gasteiger partial charge in [-0.3, -0.25) is 14.9 Å². The Labute approximate surface area is 162 Å². The average Bonchev–Trinajstić information content (AvgIpc) is 2.62. The number of hydrogen-bond donors (Lipinski definition) is 2. The van der Waals surface area contributed by atoms with Crippen molar-refractivity contribution < 1.29 is 14.5 Å². The molecule has 2 aromatic rings. The van der Waals surface area contributed by atoms with Gasteiger partial charge in [0.05, 0.1) is 11.3 Å². The van der Waals surface area contributed by atoms with Crippen molar-refractivity contribution in [3.05, 3.63) is 68.7 Å². The third-order valence-corrected chi connectivity index (χ3v) is 4.12. The number of primary amides is 1. The van der Waals surface area contributed by atoms with Crippen LogP contribution in [0.5, 0.6) is 5.75 Å². The average molecular weight is 392 g/mol. The normalized spacial score (nSPS) is 10.6. The molecule has 0 aliphatic rings. The third-order valence-electron chi connectivity index (χ3n) is 3.87. The lowest BCUT2D eigenvalue weighted by Crippen LogP contribution is -2.22. The number of aryl methyl sites for hydroxylation is 1. The first-order valence-corrected chi connectivity index (χ1v) is 8.97. The Bertz CT molecular complexity index is 781. The monoisotopic (exact) mass is 391 g/mol. The number of carbonyl (C=O) groups excluding carboxylic acids is 1. The quantitative estimate of drug-likeness (QED) is 0.348. The SMILES string of the molecule is NC(=O)Cc1ccc(OCCNCCCc2ccc(Cl)cc2)c([N+](=O)[O-])c1. The number of nitrogens with zero attached hydrogens (tertiary/aromatic N) is 1. The summed E-state index contributed by atoms with van der Waals surface area (Å²) >= 11 is 5.85. The minimum absolute atomic E-state index is 0.0453. The maximum Gasteiger partial charge on any atom is 0.311 e. The highest BCUT2D eigenvalue weighted by molar-refractivity contribution is 6.30. The molecule has 0 saturated carbocycles. The van der Waals surface area contributed by atoms with Crippen LogP contribution in [0.3, 0.4) is 0 Å². The van der Waals surface area contributed by atoms with E-state index in [2.05, 4.69) is 5.32 Å². The van der Waals surface area contributed by atoms with E-state index in [1.165, 1.54) is 17.7 Å². The molecule has 0 aromatic heterocycles. The first-order valence-electron chi connectivity index (χ1n) is 8.59. The molecule has 27 heavy (non-hydrogen) atoms. The van der Waals surface area contributed by atoms with Crippen LogP contribution in [-0.4, -0.2) is 30.5 Å². The lowest BCUT2D eigenvalue weighted by molar-refractivity contribution is -0.385. The van der Waals surface area contributed by atoms with Crippen LogP contribution in [0.4, 0.5) is 5.69 Å². The third kappa shape index (κ3) is 7.24. The van der Waals surface area contributed by atoms with Crippen molar-refractivity contribution in [1.29, 1.82) is 0 Å². The molecule has 0 heterocycles. The molecule has 0 spiro atoms. The summed E-state index contributed by atoms with van der Waals surface area (Å²) < 4.78 is 5.50. The zero-order valence-corrected chi connectivity index (χ0v) is 15.6. The van der Waals surface area contributed by atoms with Gasteiger partial charge in [-0.15, -0.1) is 0 Å². The molecular formula is C19H22ClN3O4. The number of nitrogens with two attached hydrogens (primary N) is 1. The van der Waals surface area contributed by atoms with Crippen LogP contribution in [-0.2, 0) is 17.6 Å². The van der Waals surface area contributed by atoms with Crippen LogP contribution in [0.1, 0.15) is 17.5 Å². The highest BCUT2D eigenvalue weighted by atomic mass is 35.5. The van der Waals surface area contributed by atoms with Crippen LogP contribution in [0.2, 0.25) is 5.02 Å². The van der Waals surface area contributed by atoms with E-state index >= 15 is 0 Å². The summed E-state index contributed by atoms with van der Waals surface area (Å²) in [6.45, 7) is 1.68. The summed E-state index contributed by atoms with van der Waals surface area (Å²) in [5.74, 6) is -0.364. The fourth-order valence-corrected chi connectivity index (χ4v) is 2.69. The molecule has 8 heteroatoms. The number of ether oxygens (including phenoxy) is 1. The Morgan fingerprint density at radius 3 is 2.52 bits per heavy atom. The molecule has 0 atom stereocenters. The molecular weight excluding hydrogens is 370 g/mol. The standard InChI is InChI=1S/C19H22ClN3O4/c20-16-6-3-14(4-7-16)2-1-9-22-10-11-27-18-8-5-15(13-19(21)24)12-17(18)23(25)26/h3-8,12,22H,1-2,9-11,13H2,(H2,21,24). The molecule has 0 unspecified atom stereocenters. The highest BCUT2D eigenvalue weighted by Crippen LogP contribution is 2.28. The van der Waals surface area contributed by atoms with Gasteiger partial charge < -0.3 is 15.8 Å². The van der Waals surface area contributed by atoms with E-state index in [1.54, 1.807) is 6.07 Å². The summed E-state index contributed by atoms with van der Waals surface area (Å²) in [4.78, 5) is 21.6.